The standard InChI is InChI=1S/C20H17N3O3/c1-12-8-10-14(11-9-12)22-19(25)16-17(13(2)24)21-23(18(16)20(22)26)15-6-4-3-5-7-15/h3-11,16,18H,1-2H3/t16-,18+/m0/s1. The van der Waals surface area contributed by atoms with Gasteiger partial charge >= 0.3 is 0 Å². The first-order valence-corrected chi connectivity index (χ1v) is 8.37. The third-order valence-electron chi connectivity index (χ3n) is 4.72. The highest BCUT2D eigenvalue weighted by Gasteiger charge is 2.58. The van der Waals surface area contributed by atoms with Crippen LogP contribution in [0.5, 0.6) is 0 Å². The van der Waals surface area contributed by atoms with Gasteiger partial charge in [-0.1, -0.05) is 35.9 Å². The summed E-state index contributed by atoms with van der Waals surface area (Å²) in [7, 11) is 0. The summed E-state index contributed by atoms with van der Waals surface area (Å²) in [6, 6.07) is 15.4. The Morgan fingerprint density at radius 2 is 1.58 bits per heavy atom. The van der Waals surface area contributed by atoms with Crippen LogP contribution in [0.1, 0.15) is 12.5 Å². The van der Waals surface area contributed by atoms with Crippen molar-refractivity contribution in [2.24, 2.45) is 11.0 Å². The van der Waals surface area contributed by atoms with E-state index in [1.165, 1.54) is 16.8 Å². The van der Waals surface area contributed by atoms with Crippen molar-refractivity contribution in [3.05, 3.63) is 60.2 Å². The molecule has 26 heavy (non-hydrogen) atoms. The zero-order valence-electron chi connectivity index (χ0n) is 14.4. The molecule has 6 heteroatoms. The monoisotopic (exact) mass is 347 g/mol. The number of anilines is 2. The number of hydrogen-bond donors (Lipinski definition) is 0. The molecule has 6 nitrogen and oxygen atoms in total. The fourth-order valence-electron chi connectivity index (χ4n) is 3.45. The van der Waals surface area contributed by atoms with E-state index in [1.807, 2.05) is 37.3 Å². The second-order valence-corrected chi connectivity index (χ2v) is 6.49. The van der Waals surface area contributed by atoms with Crippen molar-refractivity contribution < 1.29 is 14.4 Å². The van der Waals surface area contributed by atoms with Crippen molar-refractivity contribution in [2.45, 2.75) is 19.9 Å². The molecule has 2 aromatic carbocycles. The van der Waals surface area contributed by atoms with Gasteiger partial charge < -0.3 is 0 Å². The Morgan fingerprint density at radius 3 is 2.19 bits per heavy atom. The number of benzene rings is 2. The number of amides is 2. The van der Waals surface area contributed by atoms with Crippen LogP contribution in [0.15, 0.2) is 59.7 Å². The maximum atomic E-state index is 13.1. The third-order valence-corrected chi connectivity index (χ3v) is 4.72. The van der Waals surface area contributed by atoms with Crippen LogP contribution in [0.25, 0.3) is 0 Å². The molecule has 1 fully saturated rings. The minimum absolute atomic E-state index is 0.131. The topological polar surface area (TPSA) is 70.1 Å². The molecule has 1 saturated heterocycles. The first-order chi connectivity index (χ1) is 12.5. The Kier molecular flexibility index (Phi) is 3.68. The van der Waals surface area contributed by atoms with Crippen LogP contribution in [-0.4, -0.2) is 29.4 Å². The first kappa shape index (κ1) is 16.2. The maximum Gasteiger partial charge on any atom is 0.259 e. The van der Waals surface area contributed by atoms with Gasteiger partial charge in [0.15, 0.2) is 5.78 Å². The van der Waals surface area contributed by atoms with E-state index in [4.69, 9.17) is 0 Å². The predicted molar refractivity (Wildman–Crippen MR) is 98.0 cm³/mol. The van der Waals surface area contributed by atoms with Gasteiger partial charge in [0.25, 0.3) is 5.91 Å². The molecule has 0 unspecified atom stereocenters. The lowest BCUT2D eigenvalue weighted by Gasteiger charge is -2.22. The number of ketones is 1. The van der Waals surface area contributed by atoms with Crippen LogP contribution in [0.2, 0.25) is 0 Å². The summed E-state index contributed by atoms with van der Waals surface area (Å²) in [4.78, 5) is 39.4. The summed E-state index contributed by atoms with van der Waals surface area (Å²) in [6.07, 6.45) is 0. The number of carbonyl (C=O) groups excluding carboxylic acids is 3. The maximum absolute atomic E-state index is 13.1. The third kappa shape index (κ3) is 2.34. The number of carbonyl (C=O) groups is 3. The number of fused-ring (bicyclic) bond motifs is 1. The molecule has 0 aromatic heterocycles. The molecular weight excluding hydrogens is 330 g/mol. The van der Waals surface area contributed by atoms with Crippen LogP contribution >= 0.6 is 0 Å². The quantitative estimate of drug-likeness (QED) is 0.799. The molecule has 0 aliphatic carbocycles. The highest BCUT2D eigenvalue weighted by Crippen LogP contribution is 2.37. The zero-order valence-corrected chi connectivity index (χ0v) is 14.4. The zero-order chi connectivity index (χ0) is 18.4. The van der Waals surface area contributed by atoms with Crippen molar-refractivity contribution >= 4 is 34.7 Å². The fourth-order valence-corrected chi connectivity index (χ4v) is 3.45. The van der Waals surface area contributed by atoms with E-state index in [-0.39, 0.29) is 17.4 Å². The Labute approximate surface area is 150 Å². The molecule has 2 amide bonds. The highest BCUT2D eigenvalue weighted by atomic mass is 16.2. The largest absolute Gasteiger partial charge is 0.293 e. The Hall–Kier alpha value is -3.28. The fraction of sp³-hybridized carbons (Fsp3) is 0.200. The SMILES string of the molecule is CC(=O)C1=NN(c2ccccc2)[C@H]2C(=O)N(c3ccc(C)cc3)C(=O)[C@@H]12. The molecule has 2 aliphatic rings. The van der Waals surface area contributed by atoms with E-state index in [1.54, 1.807) is 24.3 Å². The van der Waals surface area contributed by atoms with Gasteiger partial charge in [-0.25, -0.2) is 4.90 Å². The van der Waals surface area contributed by atoms with E-state index in [2.05, 4.69) is 5.10 Å². The van der Waals surface area contributed by atoms with Gasteiger partial charge in [-0.15, -0.1) is 0 Å². The van der Waals surface area contributed by atoms with Gasteiger partial charge in [-0.05, 0) is 31.2 Å². The number of aryl methyl sites for hydroxylation is 1. The molecule has 2 aromatic rings. The molecule has 0 bridgehead atoms. The summed E-state index contributed by atoms with van der Waals surface area (Å²) in [5, 5.41) is 5.81. The van der Waals surface area contributed by atoms with E-state index < -0.39 is 17.9 Å². The minimum atomic E-state index is -0.874. The van der Waals surface area contributed by atoms with Crippen LogP contribution in [-0.2, 0) is 14.4 Å². The van der Waals surface area contributed by atoms with Crippen LogP contribution in [0.4, 0.5) is 11.4 Å². The first-order valence-electron chi connectivity index (χ1n) is 8.37. The van der Waals surface area contributed by atoms with Gasteiger partial charge in [0, 0.05) is 6.92 Å². The lowest BCUT2D eigenvalue weighted by atomic mass is 9.95. The number of rotatable bonds is 3. The van der Waals surface area contributed by atoms with Gasteiger partial charge in [0.05, 0.1) is 11.4 Å². The Bertz CT molecular complexity index is 935. The number of para-hydroxylation sites is 1. The summed E-state index contributed by atoms with van der Waals surface area (Å²) >= 11 is 0. The second-order valence-electron chi connectivity index (χ2n) is 6.49. The molecule has 0 N–H and O–H groups in total. The van der Waals surface area contributed by atoms with Gasteiger partial charge in [0.2, 0.25) is 5.91 Å². The summed E-state index contributed by atoms with van der Waals surface area (Å²) in [5.74, 6) is -1.95. The number of nitrogens with zero attached hydrogens (tertiary/aromatic N) is 3. The lowest BCUT2D eigenvalue weighted by Crippen LogP contribution is -2.39. The number of hydrazone groups is 1. The van der Waals surface area contributed by atoms with Gasteiger partial charge in [-0.3, -0.25) is 19.4 Å². The summed E-state index contributed by atoms with van der Waals surface area (Å²) < 4.78 is 0. The highest BCUT2D eigenvalue weighted by molar-refractivity contribution is 6.48. The summed E-state index contributed by atoms with van der Waals surface area (Å²) in [6.45, 7) is 3.31. The van der Waals surface area contributed by atoms with Crippen molar-refractivity contribution in [2.75, 3.05) is 9.91 Å². The number of hydrogen-bond acceptors (Lipinski definition) is 5. The normalized spacial score (nSPS) is 21.8. The van der Waals surface area contributed by atoms with Gasteiger partial charge in [-0.2, -0.15) is 5.10 Å². The molecule has 2 heterocycles. The molecule has 0 radical (unpaired) electrons. The molecule has 0 saturated carbocycles. The number of Topliss-reactive ketones (excluding diaryl/α,β-unsaturated/α-hetero) is 1. The van der Waals surface area contributed by atoms with Crippen molar-refractivity contribution in [3.63, 3.8) is 0 Å². The molecule has 4 rings (SSSR count). The second kappa shape index (κ2) is 5.91. The van der Waals surface area contributed by atoms with Crippen molar-refractivity contribution in [1.29, 1.82) is 0 Å². The predicted octanol–water partition coefficient (Wildman–Crippen LogP) is 2.32. The van der Waals surface area contributed by atoms with E-state index in [0.29, 0.717) is 11.4 Å². The lowest BCUT2D eigenvalue weighted by molar-refractivity contribution is -0.122. The van der Waals surface area contributed by atoms with E-state index in [9.17, 15) is 14.4 Å². The Morgan fingerprint density at radius 1 is 0.923 bits per heavy atom. The van der Waals surface area contributed by atoms with E-state index >= 15 is 0 Å². The van der Waals surface area contributed by atoms with Crippen molar-refractivity contribution in [1.82, 2.24) is 0 Å². The molecule has 2 atom stereocenters. The molecular formula is C20H17N3O3. The van der Waals surface area contributed by atoms with Crippen molar-refractivity contribution in [3.8, 4) is 0 Å². The number of imide groups is 1. The molecule has 2 aliphatic heterocycles. The van der Waals surface area contributed by atoms with Crippen LogP contribution in [0.3, 0.4) is 0 Å². The molecule has 130 valence electrons. The summed E-state index contributed by atoms with van der Waals surface area (Å²) in [5.41, 5.74) is 2.35. The average molecular weight is 347 g/mol. The average Bonchev–Trinajstić information content (AvgIpc) is 3.15. The minimum Gasteiger partial charge on any atom is -0.293 e. The van der Waals surface area contributed by atoms with Crippen LogP contribution in [0, 0.1) is 12.8 Å². The molecule has 0 spiro atoms. The van der Waals surface area contributed by atoms with Crippen LogP contribution < -0.4 is 9.91 Å². The van der Waals surface area contributed by atoms with Gasteiger partial charge in [0.1, 0.15) is 17.7 Å². The smallest absolute Gasteiger partial charge is 0.259 e. The van der Waals surface area contributed by atoms with E-state index in [0.717, 1.165) is 5.56 Å². The Balaban J connectivity index is 1.80.